The molecule has 0 saturated carbocycles. The molecule has 0 amide bonds. The van der Waals surface area contributed by atoms with E-state index < -0.39 is 0 Å². The number of anilines is 1. The molecule has 0 aliphatic heterocycles. The molecule has 0 heterocycles. The summed E-state index contributed by atoms with van der Waals surface area (Å²) in [6.07, 6.45) is 1.98. The number of nitrogens with zero attached hydrogens (tertiary/aromatic N) is 1. The third kappa shape index (κ3) is 4.70. The topological polar surface area (TPSA) is 29.3 Å². The van der Waals surface area contributed by atoms with Crippen molar-refractivity contribution in [2.75, 3.05) is 11.9 Å². The number of hydrogen-bond donors (Lipinski definition) is 1. The van der Waals surface area contributed by atoms with Gasteiger partial charge in [-0.25, -0.2) is 0 Å². The van der Waals surface area contributed by atoms with Gasteiger partial charge in [-0.1, -0.05) is 31.5 Å². The van der Waals surface area contributed by atoms with Crippen LogP contribution < -0.4 is 10.6 Å². The van der Waals surface area contributed by atoms with Crippen LogP contribution in [0.4, 0.5) is 5.69 Å². The van der Waals surface area contributed by atoms with Crippen molar-refractivity contribution in [3.8, 4) is 0 Å². The lowest BCUT2D eigenvalue weighted by Crippen LogP contribution is -2.31. The quantitative estimate of drug-likeness (QED) is 0.851. The second-order valence-electron chi connectivity index (χ2n) is 6.01. The molecule has 1 aromatic rings. The van der Waals surface area contributed by atoms with Crippen molar-refractivity contribution in [3.05, 3.63) is 28.8 Å². The second-order valence-corrected chi connectivity index (χ2v) is 6.42. The van der Waals surface area contributed by atoms with Gasteiger partial charge in [-0.05, 0) is 50.3 Å². The number of nitrogens with two attached hydrogens (primary N) is 1. The zero-order valence-electron chi connectivity index (χ0n) is 12.8. The molecule has 2 unspecified atom stereocenters. The van der Waals surface area contributed by atoms with Crippen LogP contribution in [-0.4, -0.2) is 19.1 Å². The van der Waals surface area contributed by atoms with Gasteiger partial charge in [0, 0.05) is 29.8 Å². The van der Waals surface area contributed by atoms with Crippen molar-refractivity contribution < 1.29 is 0 Å². The van der Waals surface area contributed by atoms with Gasteiger partial charge in [-0.3, -0.25) is 0 Å². The van der Waals surface area contributed by atoms with Crippen LogP contribution in [0.3, 0.4) is 0 Å². The van der Waals surface area contributed by atoms with Gasteiger partial charge in [0.05, 0.1) is 0 Å². The molecule has 0 fully saturated rings. The normalized spacial score (nSPS) is 14.5. The lowest BCUT2D eigenvalue weighted by atomic mass is 10.0. The molecule has 0 bridgehead atoms. The summed E-state index contributed by atoms with van der Waals surface area (Å²) < 4.78 is 0. The van der Waals surface area contributed by atoms with E-state index in [0.29, 0.717) is 12.0 Å². The van der Waals surface area contributed by atoms with Crippen LogP contribution in [0.15, 0.2) is 18.2 Å². The fraction of sp³-hybridized carbons (Fsp3) is 0.625. The van der Waals surface area contributed by atoms with E-state index in [1.165, 1.54) is 12.1 Å². The lowest BCUT2D eigenvalue weighted by molar-refractivity contribution is 0.503. The van der Waals surface area contributed by atoms with Crippen LogP contribution in [0.2, 0.25) is 5.02 Å². The Morgan fingerprint density at radius 3 is 2.37 bits per heavy atom. The van der Waals surface area contributed by atoms with Gasteiger partial charge in [-0.15, -0.1) is 0 Å². The van der Waals surface area contributed by atoms with Crippen LogP contribution in [0.25, 0.3) is 0 Å². The van der Waals surface area contributed by atoms with Crippen molar-refractivity contribution >= 4 is 17.3 Å². The molecule has 108 valence electrons. The third-order valence-corrected chi connectivity index (χ3v) is 3.83. The highest BCUT2D eigenvalue weighted by molar-refractivity contribution is 6.31. The average Bonchev–Trinajstić information content (AvgIpc) is 2.29. The Balaban J connectivity index is 3.01. The summed E-state index contributed by atoms with van der Waals surface area (Å²) in [5.41, 5.74) is 8.31. The van der Waals surface area contributed by atoms with Crippen molar-refractivity contribution in [3.63, 3.8) is 0 Å². The molecule has 2 atom stereocenters. The van der Waals surface area contributed by atoms with Gasteiger partial charge < -0.3 is 10.6 Å². The van der Waals surface area contributed by atoms with Crippen molar-refractivity contribution in [2.24, 2.45) is 11.7 Å². The minimum Gasteiger partial charge on any atom is -0.372 e. The van der Waals surface area contributed by atoms with Gasteiger partial charge in [0.2, 0.25) is 0 Å². The van der Waals surface area contributed by atoms with E-state index in [2.05, 4.69) is 38.8 Å². The fourth-order valence-corrected chi connectivity index (χ4v) is 2.73. The smallest absolute Gasteiger partial charge is 0.0459 e. The molecule has 0 spiro atoms. The van der Waals surface area contributed by atoms with E-state index in [4.69, 9.17) is 17.3 Å². The Bertz CT molecular complexity index is 402. The van der Waals surface area contributed by atoms with Gasteiger partial charge >= 0.3 is 0 Å². The molecule has 0 aliphatic rings. The molecule has 0 radical (unpaired) electrons. The first kappa shape index (κ1) is 16.3. The predicted molar refractivity (Wildman–Crippen MR) is 86.1 cm³/mol. The maximum absolute atomic E-state index is 6.35. The van der Waals surface area contributed by atoms with Gasteiger partial charge in [-0.2, -0.15) is 0 Å². The maximum Gasteiger partial charge on any atom is 0.0459 e. The summed E-state index contributed by atoms with van der Waals surface area (Å²) in [4.78, 5) is 2.32. The van der Waals surface area contributed by atoms with Crippen LogP contribution >= 0.6 is 11.6 Å². The first-order valence-electron chi connectivity index (χ1n) is 7.08. The fourth-order valence-electron chi connectivity index (χ4n) is 2.48. The number of hydrogen-bond acceptors (Lipinski definition) is 2. The highest BCUT2D eigenvalue weighted by atomic mass is 35.5. The second kappa shape index (κ2) is 7.16. The van der Waals surface area contributed by atoms with E-state index in [1.54, 1.807) is 0 Å². The largest absolute Gasteiger partial charge is 0.372 e. The summed E-state index contributed by atoms with van der Waals surface area (Å²) in [5.74, 6) is 0.688. The Morgan fingerprint density at radius 1 is 1.21 bits per heavy atom. The van der Waals surface area contributed by atoms with E-state index in [9.17, 15) is 0 Å². The minimum atomic E-state index is 0.118. The summed E-state index contributed by atoms with van der Waals surface area (Å²) >= 11 is 6.35. The molecule has 1 aromatic carbocycles. The van der Waals surface area contributed by atoms with E-state index in [0.717, 1.165) is 17.0 Å². The average molecular weight is 283 g/mol. The molecular formula is C16H27ClN2. The predicted octanol–water partition coefficient (Wildman–Crippen LogP) is 4.10. The number of rotatable bonds is 6. The van der Waals surface area contributed by atoms with Crippen molar-refractivity contribution in [1.82, 2.24) is 0 Å². The Labute approximate surface area is 122 Å². The monoisotopic (exact) mass is 282 g/mol. The maximum atomic E-state index is 6.35. The Kier molecular flexibility index (Phi) is 6.15. The zero-order valence-corrected chi connectivity index (χ0v) is 13.5. The van der Waals surface area contributed by atoms with Gasteiger partial charge in [0.1, 0.15) is 0 Å². The van der Waals surface area contributed by atoms with Gasteiger partial charge in [0.25, 0.3) is 0 Å². The molecule has 3 heteroatoms. The van der Waals surface area contributed by atoms with Crippen molar-refractivity contribution in [1.29, 1.82) is 0 Å². The lowest BCUT2D eigenvalue weighted by Gasteiger charge is -2.31. The van der Waals surface area contributed by atoms with Gasteiger partial charge in [0.15, 0.2) is 0 Å². The molecule has 1 rings (SSSR count). The number of halogens is 1. The molecule has 0 aromatic heterocycles. The van der Waals surface area contributed by atoms with E-state index in [-0.39, 0.29) is 6.04 Å². The van der Waals surface area contributed by atoms with Crippen LogP contribution in [0.5, 0.6) is 0 Å². The summed E-state index contributed by atoms with van der Waals surface area (Å²) in [6, 6.07) is 6.71. The first-order chi connectivity index (χ1) is 8.82. The summed E-state index contributed by atoms with van der Waals surface area (Å²) in [7, 11) is 2.14. The zero-order chi connectivity index (χ0) is 14.6. The molecule has 19 heavy (non-hydrogen) atoms. The van der Waals surface area contributed by atoms with Crippen LogP contribution in [0, 0.1) is 5.92 Å². The standard InChI is InChI=1S/C16H27ClN2/c1-11(2)9-13(4)19(5)16-8-6-7-15(17)14(16)10-12(3)18/h6-8,11-13H,9-10,18H2,1-5H3. The highest BCUT2D eigenvalue weighted by Gasteiger charge is 2.17. The van der Waals surface area contributed by atoms with Crippen molar-refractivity contribution in [2.45, 2.75) is 52.6 Å². The molecule has 0 saturated heterocycles. The van der Waals surface area contributed by atoms with Crippen LogP contribution in [0.1, 0.15) is 39.7 Å². The Hall–Kier alpha value is -0.730. The van der Waals surface area contributed by atoms with E-state index >= 15 is 0 Å². The molecular weight excluding hydrogens is 256 g/mol. The van der Waals surface area contributed by atoms with E-state index in [1.807, 2.05) is 19.1 Å². The Morgan fingerprint density at radius 2 is 1.84 bits per heavy atom. The first-order valence-corrected chi connectivity index (χ1v) is 7.46. The highest BCUT2D eigenvalue weighted by Crippen LogP contribution is 2.30. The molecule has 0 aliphatic carbocycles. The minimum absolute atomic E-state index is 0.118. The summed E-state index contributed by atoms with van der Waals surface area (Å²) in [6.45, 7) is 8.79. The molecule has 2 nitrogen and oxygen atoms in total. The third-order valence-electron chi connectivity index (χ3n) is 3.47. The number of benzene rings is 1. The molecule has 2 N–H and O–H groups in total. The summed E-state index contributed by atoms with van der Waals surface area (Å²) in [5, 5.41) is 0.818. The SMILES string of the molecule is CC(C)CC(C)N(C)c1cccc(Cl)c1CC(C)N. The van der Waals surface area contributed by atoms with Crippen LogP contribution in [-0.2, 0) is 6.42 Å².